The van der Waals surface area contributed by atoms with Crippen LogP contribution in [0.25, 0.3) is 0 Å². The van der Waals surface area contributed by atoms with Crippen LogP contribution < -0.4 is 16.0 Å². The van der Waals surface area contributed by atoms with Crippen LogP contribution in [0.5, 0.6) is 5.75 Å². The van der Waals surface area contributed by atoms with Gasteiger partial charge in [0.25, 0.3) is 5.91 Å². The zero-order chi connectivity index (χ0) is 14.5. The van der Waals surface area contributed by atoms with Crippen LogP contribution in [-0.2, 0) is 6.61 Å². The summed E-state index contributed by atoms with van der Waals surface area (Å²) in [5.41, 5.74) is 5.28. The van der Waals surface area contributed by atoms with E-state index in [-0.39, 0.29) is 5.69 Å². The van der Waals surface area contributed by atoms with E-state index in [1.165, 1.54) is 0 Å². The highest BCUT2D eigenvalue weighted by Crippen LogP contribution is 2.17. The first-order chi connectivity index (χ1) is 9.58. The van der Waals surface area contributed by atoms with Gasteiger partial charge in [0.1, 0.15) is 18.1 Å². The molecule has 0 aliphatic heterocycles. The number of nitrogens with one attached hydrogen (secondary N) is 1. The fraction of sp³-hybridized carbons (Fsp3) is 0.200. The van der Waals surface area contributed by atoms with Gasteiger partial charge in [-0.15, -0.1) is 0 Å². The van der Waals surface area contributed by atoms with Gasteiger partial charge < -0.3 is 4.74 Å². The smallest absolute Gasteiger partial charge is 0.283 e. The van der Waals surface area contributed by atoms with E-state index in [9.17, 15) is 4.79 Å². The summed E-state index contributed by atoms with van der Waals surface area (Å²) in [6.45, 7) is 4.34. The topological polar surface area (TPSA) is 77.2 Å². The zero-order valence-corrected chi connectivity index (χ0v) is 11.5. The van der Waals surface area contributed by atoms with Gasteiger partial charge in [-0.2, -0.15) is 0 Å². The number of amides is 1. The maximum absolute atomic E-state index is 11.4. The Balaban J connectivity index is 2.09. The Morgan fingerprint density at radius 3 is 2.60 bits per heavy atom. The Morgan fingerprint density at radius 2 is 1.95 bits per heavy atom. The highest BCUT2D eigenvalue weighted by molar-refractivity contribution is 5.91. The third kappa shape index (κ3) is 3.55. The van der Waals surface area contributed by atoms with Crippen LogP contribution in [0.15, 0.2) is 36.4 Å². The molecule has 0 radical (unpaired) electrons. The van der Waals surface area contributed by atoms with Gasteiger partial charge in [-0.3, -0.25) is 10.2 Å². The second-order valence-corrected chi connectivity index (χ2v) is 4.60. The molecule has 0 unspecified atom stereocenters. The van der Waals surface area contributed by atoms with Crippen LogP contribution in [0.3, 0.4) is 0 Å². The SMILES string of the molecule is Cc1cc(C)cc(OCc2cccc(C(=O)NN)n2)c1. The van der Waals surface area contributed by atoms with Crippen LogP contribution >= 0.6 is 0 Å². The Kier molecular flexibility index (Phi) is 4.32. The number of nitrogen functional groups attached to an aromatic ring is 1. The lowest BCUT2D eigenvalue weighted by Gasteiger charge is -2.08. The molecule has 0 fully saturated rings. The number of nitrogens with zero attached hydrogens (tertiary/aromatic N) is 1. The third-order valence-electron chi connectivity index (χ3n) is 2.75. The van der Waals surface area contributed by atoms with E-state index in [1.807, 2.05) is 26.0 Å². The van der Waals surface area contributed by atoms with Crippen molar-refractivity contribution in [3.05, 3.63) is 58.9 Å². The summed E-state index contributed by atoms with van der Waals surface area (Å²) in [7, 11) is 0. The van der Waals surface area contributed by atoms with Crippen LogP contribution in [0.1, 0.15) is 27.3 Å². The van der Waals surface area contributed by atoms with Crippen molar-refractivity contribution in [3.63, 3.8) is 0 Å². The third-order valence-corrected chi connectivity index (χ3v) is 2.75. The van der Waals surface area contributed by atoms with Crippen LogP contribution in [0, 0.1) is 13.8 Å². The van der Waals surface area contributed by atoms with Gasteiger partial charge in [0.15, 0.2) is 0 Å². The Morgan fingerprint density at radius 1 is 1.25 bits per heavy atom. The number of carbonyl (C=O) groups excluding carboxylic acids is 1. The molecule has 1 amide bonds. The number of pyridine rings is 1. The Hall–Kier alpha value is -2.40. The number of aromatic nitrogens is 1. The second-order valence-electron chi connectivity index (χ2n) is 4.60. The lowest BCUT2D eigenvalue weighted by molar-refractivity contribution is 0.0948. The largest absolute Gasteiger partial charge is 0.487 e. The van der Waals surface area contributed by atoms with Crippen molar-refractivity contribution in [2.24, 2.45) is 5.84 Å². The highest BCUT2D eigenvalue weighted by Gasteiger charge is 2.06. The normalized spacial score (nSPS) is 10.2. The van der Waals surface area contributed by atoms with Crippen molar-refractivity contribution in [2.75, 3.05) is 0 Å². The van der Waals surface area contributed by atoms with Gasteiger partial charge in [0, 0.05) is 0 Å². The molecule has 104 valence electrons. The van der Waals surface area contributed by atoms with Crippen LogP contribution in [0.2, 0.25) is 0 Å². The van der Waals surface area contributed by atoms with Gasteiger partial charge in [-0.05, 0) is 49.2 Å². The van der Waals surface area contributed by atoms with Gasteiger partial charge in [-0.25, -0.2) is 10.8 Å². The van der Waals surface area contributed by atoms with E-state index in [0.717, 1.165) is 16.9 Å². The first-order valence-corrected chi connectivity index (χ1v) is 6.26. The second kappa shape index (κ2) is 6.16. The Bertz CT molecular complexity index is 606. The van der Waals surface area contributed by atoms with E-state index < -0.39 is 5.91 Å². The molecule has 3 N–H and O–H groups in total. The average molecular weight is 271 g/mol. The van der Waals surface area contributed by atoms with Gasteiger partial charge in [-0.1, -0.05) is 12.1 Å². The van der Waals surface area contributed by atoms with E-state index in [0.29, 0.717) is 12.3 Å². The number of ether oxygens (including phenoxy) is 1. The summed E-state index contributed by atoms with van der Waals surface area (Å²) in [6.07, 6.45) is 0. The van der Waals surface area contributed by atoms with Crippen LogP contribution in [-0.4, -0.2) is 10.9 Å². The van der Waals surface area contributed by atoms with Gasteiger partial charge in [0.2, 0.25) is 0 Å². The molecule has 1 aromatic heterocycles. The quantitative estimate of drug-likeness (QED) is 0.505. The monoisotopic (exact) mass is 271 g/mol. The number of carbonyl (C=O) groups is 1. The fourth-order valence-corrected chi connectivity index (χ4v) is 1.93. The Labute approximate surface area is 117 Å². The molecular weight excluding hydrogens is 254 g/mol. The van der Waals surface area contributed by atoms with Gasteiger partial charge in [0.05, 0.1) is 5.69 Å². The molecule has 0 spiro atoms. The maximum Gasteiger partial charge on any atom is 0.283 e. The predicted molar refractivity (Wildman–Crippen MR) is 76.1 cm³/mol. The highest BCUT2D eigenvalue weighted by atomic mass is 16.5. The standard InChI is InChI=1S/C15H17N3O2/c1-10-6-11(2)8-13(7-10)20-9-12-4-3-5-14(17-12)15(19)18-16/h3-8H,9,16H2,1-2H3,(H,18,19). The zero-order valence-electron chi connectivity index (χ0n) is 11.5. The number of hydrazine groups is 1. The van der Waals surface area contributed by atoms with E-state index in [1.54, 1.807) is 18.2 Å². The molecular formula is C15H17N3O2. The summed E-state index contributed by atoms with van der Waals surface area (Å²) in [5.74, 6) is 5.45. The summed E-state index contributed by atoms with van der Waals surface area (Å²) >= 11 is 0. The summed E-state index contributed by atoms with van der Waals surface area (Å²) in [5, 5.41) is 0. The number of aryl methyl sites for hydroxylation is 2. The lowest BCUT2D eigenvalue weighted by atomic mass is 10.1. The first kappa shape index (κ1) is 14.0. The molecule has 0 atom stereocenters. The number of rotatable bonds is 4. The number of nitrogens with two attached hydrogens (primary N) is 1. The summed E-state index contributed by atoms with van der Waals surface area (Å²) in [6, 6.07) is 11.2. The molecule has 1 heterocycles. The van der Waals surface area contributed by atoms with Crippen molar-refractivity contribution in [1.82, 2.24) is 10.4 Å². The minimum atomic E-state index is -0.418. The molecule has 0 saturated heterocycles. The predicted octanol–water partition coefficient (Wildman–Crippen LogP) is 1.88. The molecule has 20 heavy (non-hydrogen) atoms. The van der Waals surface area contributed by atoms with E-state index in [4.69, 9.17) is 10.6 Å². The van der Waals surface area contributed by atoms with Crippen molar-refractivity contribution >= 4 is 5.91 Å². The lowest BCUT2D eigenvalue weighted by Crippen LogP contribution is -2.30. The molecule has 0 saturated carbocycles. The molecule has 0 aliphatic rings. The minimum absolute atomic E-state index is 0.272. The molecule has 0 bridgehead atoms. The fourth-order valence-electron chi connectivity index (χ4n) is 1.93. The maximum atomic E-state index is 11.4. The molecule has 2 rings (SSSR count). The molecule has 0 aliphatic carbocycles. The average Bonchev–Trinajstić information content (AvgIpc) is 2.43. The number of hydrogen-bond acceptors (Lipinski definition) is 4. The molecule has 2 aromatic rings. The minimum Gasteiger partial charge on any atom is -0.487 e. The summed E-state index contributed by atoms with van der Waals surface area (Å²) < 4.78 is 5.70. The number of benzene rings is 1. The first-order valence-electron chi connectivity index (χ1n) is 6.26. The van der Waals surface area contributed by atoms with Crippen molar-refractivity contribution in [3.8, 4) is 5.75 Å². The van der Waals surface area contributed by atoms with Crippen molar-refractivity contribution in [2.45, 2.75) is 20.5 Å². The van der Waals surface area contributed by atoms with Gasteiger partial charge >= 0.3 is 0 Å². The van der Waals surface area contributed by atoms with Crippen molar-refractivity contribution < 1.29 is 9.53 Å². The number of hydrogen-bond donors (Lipinski definition) is 2. The summed E-state index contributed by atoms with van der Waals surface area (Å²) in [4.78, 5) is 15.6. The van der Waals surface area contributed by atoms with Crippen LogP contribution in [0.4, 0.5) is 0 Å². The molecule has 5 heteroatoms. The van der Waals surface area contributed by atoms with E-state index >= 15 is 0 Å². The van der Waals surface area contributed by atoms with Crippen molar-refractivity contribution in [1.29, 1.82) is 0 Å². The molecule has 5 nitrogen and oxygen atoms in total. The van der Waals surface area contributed by atoms with E-state index in [2.05, 4.69) is 16.5 Å². The molecule has 1 aromatic carbocycles.